The Morgan fingerprint density at radius 1 is 1.00 bits per heavy atom. The van der Waals surface area contributed by atoms with Crippen LogP contribution in [-0.2, 0) is 30.5 Å². The van der Waals surface area contributed by atoms with Gasteiger partial charge in [-0.05, 0) is 67.5 Å². The summed E-state index contributed by atoms with van der Waals surface area (Å²) >= 11 is 0. The number of nitrogens with zero attached hydrogens (tertiary/aromatic N) is 5. The maximum absolute atomic E-state index is 13.5. The second kappa shape index (κ2) is 14.5. The van der Waals surface area contributed by atoms with E-state index in [0.717, 1.165) is 28.4 Å². The molecule has 48 heavy (non-hydrogen) atoms. The van der Waals surface area contributed by atoms with Crippen LogP contribution in [-0.4, -0.2) is 61.3 Å². The first-order valence-corrected chi connectivity index (χ1v) is 15.9. The van der Waals surface area contributed by atoms with Crippen molar-refractivity contribution < 1.29 is 45.5 Å². The van der Waals surface area contributed by atoms with E-state index in [2.05, 4.69) is 15.6 Å². The van der Waals surface area contributed by atoms with Gasteiger partial charge in [0.05, 0.1) is 27.9 Å². The van der Waals surface area contributed by atoms with Gasteiger partial charge in [0.1, 0.15) is 6.61 Å². The highest BCUT2D eigenvalue weighted by molar-refractivity contribution is 7.90. The van der Waals surface area contributed by atoms with Crippen LogP contribution < -0.4 is 4.72 Å². The van der Waals surface area contributed by atoms with Crippen molar-refractivity contribution in [2.75, 3.05) is 19.9 Å². The summed E-state index contributed by atoms with van der Waals surface area (Å²) in [4.78, 5) is 28.9. The predicted octanol–water partition coefficient (Wildman–Crippen LogP) is 5.86. The second-order valence-corrected chi connectivity index (χ2v) is 12.2. The smallest absolute Gasteiger partial charge is 0.435 e. The fourth-order valence-corrected chi connectivity index (χ4v) is 5.61. The van der Waals surface area contributed by atoms with Crippen LogP contribution in [0.15, 0.2) is 100 Å². The van der Waals surface area contributed by atoms with Crippen LogP contribution in [0.4, 0.5) is 18.0 Å². The van der Waals surface area contributed by atoms with Gasteiger partial charge in [-0.3, -0.25) is 5.01 Å². The van der Waals surface area contributed by atoms with E-state index in [9.17, 15) is 31.2 Å². The molecule has 1 saturated heterocycles. The molecular formula is C31H29F3N6O7S. The number of esters is 1. The van der Waals surface area contributed by atoms with E-state index in [0.29, 0.717) is 30.5 Å². The number of alkyl halides is 3. The zero-order chi connectivity index (χ0) is 34.3. The Morgan fingerprint density at radius 2 is 1.71 bits per heavy atom. The van der Waals surface area contributed by atoms with Gasteiger partial charge in [0.25, 0.3) is 16.8 Å². The quantitative estimate of drug-likeness (QED) is 0.0672. The Balaban J connectivity index is 1.15. The highest BCUT2D eigenvalue weighted by Crippen LogP contribution is 2.33. The predicted molar refractivity (Wildman–Crippen MR) is 163 cm³/mol. The van der Waals surface area contributed by atoms with Crippen molar-refractivity contribution in [3.8, 4) is 16.9 Å². The molecular weight excluding hydrogens is 657 g/mol. The Kier molecular flexibility index (Phi) is 10.3. The molecule has 0 bridgehead atoms. The molecule has 1 N–H and O–H groups in total. The first-order chi connectivity index (χ1) is 22.9. The Morgan fingerprint density at radius 3 is 2.40 bits per heavy atom. The number of rotatable bonds is 11. The number of nitrogens with one attached hydrogen (secondary N) is 1. The number of hydrogen-bond donors (Lipinski definition) is 1. The van der Waals surface area contributed by atoms with E-state index >= 15 is 0 Å². The van der Waals surface area contributed by atoms with Crippen LogP contribution in [0.25, 0.3) is 16.9 Å². The van der Waals surface area contributed by atoms with Gasteiger partial charge in [-0.1, -0.05) is 48.0 Å². The van der Waals surface area contributed by atoms with Crippen molar-refractivity contribution in [1.29, 1.82) is 0 Å². The first-order valence-electron chi connectivity index (χ1n) is 14.5. The summed E-state index contributed by atoms with van der Waals surface area (Å²) in [6.45, 7) is 1.61. The number of ether oxygens (including phenoxy) is 2. The van der Waals surface area contributed by atoms with E-state index in [1.807, 2.05) is 11.6 Å². The third kappa shape index (κ3) is 8.47. The largest absolute Gasteiger partial charge is 0.447 e. The number of aryl methyl sites for hydroxylation is 1. The normalized spacial score (nSPS) is 15.0. The summed E-state index contributed by atoms with van der Waals surface area (Å²) in [5, 5.41) is 12.6. The fourth-order valence-electron chi connectivity index (χ4n) is 4.72. The molecule has 1 aliphatic rings. The molecule has 2 heterocycles. The van der Waals surface area contributed by atoms with Crippen molar-refractivity contribution in [2.24, 2.45) is 10.5 Å². The van der Waals surface area contributed by atoms with Gasteiger partial charge in [-0.15, -0.1) is 0 Å². The Hall–Kier alpha value is -5.45. The standard InChI is InChI=1S/C31H29F3N6O7S/c1-21-9-11-22(12-10-21)27-18-28(31(32,33)34)35-40(27)24-13-15-26(16-14-24)48(43,44)36-30(42)45-19-25-8-5-17-39(25)37-38-47-20-46-29(41)23-6-3-2-4-7-23/h2-4,6-7,9-16,18,25H,5,8,17,19-20H2,1H3,(H,36,42)/b38-37-. The van der Waals surface area contributed by atoms with Crippen LogP contribution in [0.1, 0.15) is 34.5 Å². The zero-order valence-corrected chi connectivity index (χ0v) is 26.1. The van der Waals surface area contributed by atoms with Gasteiger partial charge in [0, 0.05) is 17.4 Å². The number of carbonyl (C=O) groups excluding carboxylic acids is 2. The van der Waals surface area contributed by atoms with Crippen molar-refractivity contribution in [3.63, 3.8) is 0 Å². The highest BCUT2D eigenvalue weighted by atomic mass is 32.2. The Bertz CT molecular complexity index is 1870. The summed E-state index contributed by atoms with van der Waals surface area (Å²) in [6.07, 6.45) is -4.69. The molecule has 252 valence electrons. The molecule has 1 fully saturated rings. The van der Waals surface area contributed by atoms with E-state index in [1.165, 1.54) is 17.1 Å². The molecule has 3 aromatic carbocycles. The lowest BCUT2D eigenvalue weighted by Crippen LogP contribution is -2.35. The maximum Gasteiger partial charge on any atom is 0.435 e. The molecule has 5 rings (SSSR count). The molecule has 1 unspecified atom stereocenters. The highest BCUT2D eigenvalue weighted by Gasteiger charge is 2.35. The molecule has 17 heteroatoms. The van der Waals surface area contributed by atoms with Crippen molar-refractivity contribution in [3.05, 3.63) is 102 Å². The van der Waals surface area contributed by atoms with Crippen LogP contribution in [0, 0.1) is 6.92 Å². The fraction of sp³-hybridized carbons (Fsp3) is 0.258. The lowest BCUT2D eigenvalue weighted by atomic mass is 10.1. The lowest BCUT2D eigenvalue weighted by Gasteiger charge is -2.19. The number of sulfonamides is 1. The molecule has 1 atom stereocenters. The average molecular weight is 687 g/mol. The SMILES string of the molecule is Cc1ccc(-c2cc(C(F)(F)F)nn2-c2ccc(S(=O)(=O)NC(=O)OCC3CCCN3/N=N\OCOC(=O)c3ccccc3)cc2)cc1. The molecule has 0 aliphatic carbocycles. The summed E-state index contributed by atoms with van der Waals surface area (Å²) < 4.78 is 79.2. The number of halogens is 3. The van der Waals surface area contributed by atoms with Crippen LogP contribution in [0.2, 0.25) is 0 Å². The molecule has 1 aliphatic heterocycles. The van der Waals surface area contributed by atoms with Gasteiger partial charge in [0.15, 0.2) is 5.69 Å². The number of carbonyl (C=O) groups is 2. The number of aromatic nitrogens is 2. The van der Waals surface area contributed by atoms with Gasteiger partial charge in [-0.25, -0.2) is 27.4 Å². The van der Waals surface area contributed by atoms with Crippen molar-refractivity contribution in [1.82, 2.24) is 19.5 Å². The van der Waals surface area contributed by atoms with Gasteiger partial charge >= 0.3 is 18.2 Å². The molecule has 1 amide bonds. The monoisotopic (exact) mass is 686 g/mol. The van der Waals surface area contributed by atoms with Crippen LogP contribution >= 0.6 is 0 Å². The summed E-state index contributed by atoms with van der Waals surface area (Å²) in [5.74, 6) is -0.597. The van der Waals surface area contributed by atoms with E-state index < -0.39 is 46.8 Å². The topological polar surface area (TPSA) is 154 Å². The minimum absolute atomic E-state index is 0.151. The third-order valence-corrected chi connectivity index (χ3v) is 8.50. The second-order valence-electron chi connectivity index (χ2n) is 10.6. The number of benzene rings is 3. The summed E-state index contributed by atoms with van der Waals surface area (Å²) in [5.41, 5.74) is 0.937. The molecule has 0 radical (unpaired) electrons. The number of amides is 1. The zero-order valence-electron chi connectivity index (χ0n) is 25.3. The van der Waals surface area contributed by atoms with Crippen molar-refractivity contribution >= 4 is 22.1 Å². The number of hydrogen-bond acceptors (Lipinski definition) is 10. The average Bonchev–Trinajstić information content (AvgIpc) is 3.72. The minimum Gasteiger partial charge on any atom is -0.447 e. The summed E-state index contributed by atoms with van der Waals surface area (Å²) in [7, 11) is -4.40. The molecule has 1 aromatic heterocycles. The first kappa shape index (κ1) is 33.9. The van der Waals surface area contributed by atoms with Crippen molar-refractivity contribution in [2.45, 2.75) is 36.9 Å². The van der Waals surface area contributed by atoms with E-state index in [4.69, 9.17) is 14.3 Å². The third-order valence-electron chi connectivity index (χ3n) is 7.17. The lowest BCUT2D eigenvalue weighted by molar-refractivity contribution is -0.141. The molecule has 0 saturated carbocycles. The maximum atomic E-state index is 13.5. The minimum atomic E-state index is -4.70. The molecule has 0 spiro atoms. The van der Waals surface area contributed by atoms with Gasteiger partial charge in [0.2, 0.25) is 0 Å². The van der Waals surface area contributed by atoms with E-state index in [1.54, 1.807) is 54.6 Å². The molecule has 4 aromatic rings. The van der Waals surface area contributed by atoms with Gasteiger partial charge < -0.3 is 14.3 Å². The summed E-state index contributed by atoms with van der Waals surface area (Å²) in [6, 6.07) is 20.4. The van der Waals surface area contributed by atoms with Crippen LogP contribution in [0.5, 0.6) is 0 Å². The molecule has 13 nitrogen and oxygen atoms in total. The van der Waals surface area contributed by atoms with E-state index in [-0.39, 0.29) is 22.9 Å². The Labute approximate surface area is 272 Å². The van der Waals surface area contributed by atoms with Gasteiger partial charge in [-0.2, -0.15) is 18.3 Å². The van der Waals surface area contributed by atoms with Crippen LogP contribution in [0.3, 0.4) is 0 Å².